The molecular formula is C17H24FN5O2. The third kappa shape index (κ3) is 2.72. The zero-order valence-corrected chi connectivity index (χ0v) is 14.7. The van der Waals surface area contributed by atoms with Crippen molar-refractivity contribution in [3.8, 4) is 0 Å². The van der Waals surface area contributed by atoms with Gasteiger partial charge in [-0.3, -0.25) is 19.2 Å². The zero-order valence-electron chi connectivity index (χ0n) is 14.7. The van der Waals surface area contributed by atoms with E-state index in [1.165, 1.54) is 0 Å². The maximum atomic E-state index is 13.1. The van der Waals surface area contributed by atoms with Crippen molar-refractivity contribution in [3.63, 3.8) is 0 Å². The third-order valence-corrected chi connectivity index (χ3v) is 6.01. The summed E-state index contributed by atoms with van der Waals surface area (Å²) in [5.41, 5.74) is 0.558. The highest BCUT2D eigenvalue weighted by molar-refractivity contribution is 5.95. The fourth-order valence-electron chi connectivity index (χ4n) is 4.24. The van der Waals surface area contributed by atoms with Crippen LogP contribution < -0.4 is 4.90 Å². The summed E-state index contributed by atoms with van der Waals surface area (Å²) in [6, 6.07) is 0. The van der Waals surface area contributed by atoms with Crippen LogP contribution >= 0.6 is 0 Å². The van der Waals surface area contributed by atoms with Gasteiger partial charge in [0.1, 0.15) is 6.17 Å². The highest BCUT2D eigenvalue weighted by atomic mass is 19.1. The predicted molar refractivity (Wildman–Crippen MR) is 89.7 cm³/mol. The first-order valence-electron chi connectivity index (χ1n) is 8.81. The molecule has 25 heavy (non-hydrogen) atoms. The lowest BCUT2D eigenvalue weighted by molar-refractivity contribution is -0.140. The average Bonchev–Trinajstić information content (AvgIpc) is 3.15. The fourth-order valence-corrected chi connectivity index (χ4v) is 4.24. The summed E-state index contributed by atoms with van der Waals surface area (Å²) in [4.78, 5) is 30.8. The average molecular weight is 349 g/mol. The van der Waals surface area contributed by atoms with Crippen molar-refractivity contribution >= 4 is 17.5 Å². The van der Waals surface area contributed by atoms with Crippen LogP contribution in [0.4, 0.5) is 10.1 Å². The van der Waals surface area contributed by atoms with Crippen LogP contribution in [0.3, 0.4) is 0 Å². The Morgan fingerprint density at radius 1 is 1.32 bits per heavy atom. The number of carbonyl (C=O) groups excluding carboxylic acids is 2. The highest BCUT2D eigenvalue weighted by Crippen LogP contribution is 2.37. The van der Waals surface area contributed by atoms with Gasteiger partial charge in [0.05, 0.1) is 24.0 Å². The van der Waals surface area contributed by atoms with Crippen LogP contribution in [0.2, 0.25) is 0 Å². The van der Waals surface area contributed by atoms with Gasteiger partial charge in [0.2, 0.25) is 11.8 Å². The van der Waals surface area contributed by atoms with E-state index in [2.05, 4.69) is 10.00 Å². The van der Waals surface area contributed by atoms with E-state index < -0.39 is 6.17 Å². The Kier molecular flexibility index (Phi) is 3.82. The SMILES string of the molecule is CN1CC(=O)N(c2cnn(C)c2)C[C@]12CCN(C(=O)C1CC(F)C1)C2. The van der Waals surface area contributed by atoms with Gasteiger partial charge in [0.25, 0.3) is 0 Å². The van der Waals surface area contributed by atoms with Crippen LogP contribution in [0.5, 0.6) is 0 Å². The van der Waals surface area contributed by atoms with Crippen molar-refractivity contribution in [1.29, 1.82) is 0 Å². The van der Waals surface area contributed by atoms with Crippen molar-refractivity contribution in [3.05, 3.63) is 12.4 Å². The Morgan fingerprint density at radius 3 is 2.72 bits per heavy atom. The molecule has 0 unspecified atom stereocenters. The Labute approximate surface area is 146 Å². The van der Waals surface area contributed by atoms with E-state index in [1.54, 1.807) is 15.8 Å². The van der Waals surface area contributed by atoms with Crippen molar-refractivity contribution in [2.45, 2.75) is 31.0 Å². The smallest absolute Gasteiger partial charge is 0.241 e. The quantitative estimate of drug-likeness (QED) is 0.776. The summed E-state index contributed by atoms with van der Waals surface area (Å²) in [7, 11) is 3.78. The molecule has 1 saturated carbocycles. The molecule has 2 saturated heterocycles. The molecule has 0 radical (unpaired) electrons. The van der Waals surface area contributed by atoms with Gasteiger partial charge in [-0.1, -0.05) is 0 Å². The van der Waals surface area contributed by atoms with Gasteiger partial charge < -0.3 is 9.80 Å². The molecule has 3 fully saturated rings. The lowest BCUT2D eigenvalue weighted by atomic mass is 9.82. The van der Waals surface area contributed by atoms with E-state index in [4.69, 9.17) is 0 Å². The molecule has 7 nitrogen and oxygen atoms in total. The van der Waals surface area contributed by atoms with Crippen molar-refractivity contribution in [2.75, 3.05) is 38.1 Å². The van der Waals surface area contributed by atoms with Crippen molar-refractivity contribution in [2.24, 2.45) is 13.0 Å². The molecule has 3 aliphatic rings. The number of nitrogens with zero attached hydrogens (tertiary/aromatic N) is 5. The number of amides is 2. The lowest BCUT2D eigenvalue weighted by Gasteiger charge is -2.46. The van der Waals surface area contributed by atoms with Gasteiger partial charge in [-0.05, 0) is 26.3 Å². The molecule has 2 aliphatic heterocycles. The number of hydrogen-bond acceptors (Lipinski definition) is 4. The topological polar surface area (TPSA) is 61.7 Å². The Bertz CT molecular complexity index is 701. The van der Waals surface area contributed by atoms with Crippen LogP contribution in [0.1, 0.15) is 19.3 Å². The molecule has 1 atom stereocenters. The number of anilines is 1. The van der Waals surface area contributed by atoms with Gasteiger partial charge in [0, 0.05) is 38.8 Å². The van der Waals surface area contributed by atoms with Gasteiger partial charge in [0.15, 0.2) is 0 Å². The largest absolute Gasteiger partial charge is 0.340 e. The van der Waals surface area contributed by atoms with Crippen molar-refractivity contribution < 1.29 is 14.0 Å². The molecule has 1 spiro atoms. The maximum Gasteiger partial charge on any atom is 0.241 e. The van der Waals surface area contributed by atoms with E-state index in [0.29, 0.717) is 39.0 Å². The third-order valence-electron chi connectivity index (χ3n) is 6.01. The van der Waals surface area contributed by atoms with Crippen LogP contribution in [0.25, 0.3) is 0 Å². The monoisotopic (exact) mass is 349 g/mol. The summed E-state index contributed by atoms with van der Waals surface area (Å²) in [6.45, 7) is 2.15. The minimum absolute atomic E-state index is 0.0464. The number of likely N-dealkylation sites (tertiary alicyclic amines) is 1. The molecule has 136 valence electrons. The van der Waals surface area contributed by atoms with Gasteiger partial charge in [-0.25, -0.2) is 4.39 Å². The number of likely N-dealkylation sites (N-methyl/N-ethyl adjacent to an activating group) is 1. The molecule has 2 amide bonds. The minimum atomic E-state index is -0.818. The summed E-state index contributed by atoms with van der Waals surface area (Å²) in [5, 5.41) is 4.16. The van der Waals surface area contributed by atoms with Crippen LogP contribution in [-0.4, -0.2) is 76.3 Å². The number of hydrogen-bond donors (Lipinski definition) is 0. The number of aromatic nitrogens is 2. The minimum Gasteiger partial charge on any atom is -0.340 e. The summed E-state index contributed by atoms with van der Waals surface area (Å²) in [5.74, 6) is -0.0377. The van der Waals surface area contributed by atoms with Gasteiger partial charge in [-0.15, -0.1) is 0 Å². The summed E-state index contributed by atoms with van der Waals surface area (Å²) in [6.07, 6.45) is 4.26. The Morgan fingerprint density at radius 2 is 2.08 bits per heavy atom. The zero-order chi connectivity index (χ0) is 17.8. The molecule has 1 aliphatic carbocycles. The maximum absolute atomic E-state index is 13.1. The molecule has 1 aromatic rings. The number of alkyl halides is 1. The number of rotatable bonds is 2. The first kappa shape index (κ1) is 16.5. The highest BCUT2D eigenvalue weighted by Gasteiger charge is 2.50. The van der Waals surface area contributed by atoms with E-state index in [9.17, 15) is 14.0 Å². The van der Waals surface area contributed by atoms with Crippen LogP contribution in [0, 0.1) is 5.92 Å². The second-order valence-corrected chi connectivity index (χ2v) is 7.71. The predicted octanol–water partition coefficient (Wildman–Crippen LogP) is 0.418. The van der Waals surface area contributed by atoms with Crippen LogP contribution in [-0.2, 0) is 16.6 Å². The number of piperazine rings is 1. The molecular weight excluding hydrogens is 325 g/mol. The van der Waals surface area contributed by atoms with E-state index in [1.807, 2.05) is 25.2 Å². The Balaban J connectivity index is 1.50. The van der Waals surface area contributed by atoms with E-state index in [0.717, 1.165) is 12.1 Å². The first-order valence-corrected chi connectivity index (χ1v) is 8.81. The van der Waals surface area contributed by atoms with Crippen molar-refractivity contribution in [1.82, 2.24) is 19.6 Å². The number of carbonyl (C=O) groups is 2. The Hall–Kier alpha value is -1.96. The second kappa shape index (κ2) is 5.79. The van der Waals surface area contributed by atoms with Crippen LogP contribution in [0.15, 0.2) is 12.4 Å². The van der Waals surface area contributed by atoms with Gasteiger partial charge >= 0.3 is 0 Å². The molecule has 1 aromatic heterocycles. The standard InChI is InChI=1S/C17H24FN5O2/c1-20-9-15(24)23(14-7-19-21(2)8-14)11-17(20)3-4-22(10-17)16(25)12-5-13(18)6-12/h7-8,12-13H,3-6,9-11H2,1-2H3/t12?,13?,17-/m1/s1. The van der Waals surface area contributed by atoms with E-state index >= 15 is 0 Å². The molecule has 0 aromatic carbocycles. The number of aryl methyl sites for hydroxylation is 1. The second-order valence-electron chi connectivity index (χ2n) is 7.71. The van der Waals surface area contributed by atoms with Gasteiger partial charge in [-0.2, -0.15) is 5.10 Å². The molecule has 3 heterocycles. The summed E-state index contributed by atoms with van der Waals surface area (Å²) >= 11 is 0. The van der Waals surface area contributed by atoms with E-state index in [-0.39, 0.29) is 23.3 Å². The molecule has 4 rings (SSSR count). The summed E-state index contributed by atoms with van der Waals surface area (Å²) < 4.78 is 14.8. The molecule has 0 N–H and O–H groups in total. The molecule has 8 heteroatoms. The molecule has 0 bridgehead atoms. The lowest BCUT2D eigenvalue weighted by Crippen LogP contribution is -2.64. The first-order chi connectivity index (χ1) is 11.9. The fraction of sp³-hybridized carbons (Fsp3) is 0.706. The number of halogens is 1. The normalized spacial score (nSPS) is 33.2.